The van der Waals surface area contributed by atoms with Gasteiger partial charge in [0.2, 0.25) is 5.95 Å². The van der Waals surface area contributed by atoms with Crippen LogP contribution < -0.4 is 11.0 Å². The molecule has 0 aliphatic rings. The summed E-state index contributed by atoms with van der Waals surface area (Å²) >= 11 is 0. The predicted molar refractivity (Wildman–Crippen MR) is 102 cm³/mol. The van der Waals surface area contributed by atoms with Crippen molar-refractivity contribution >= 4 is 12.2 Å². The van der Waals surface area contributed by atoms with E-state index >= 15 is 0 Å². The van der Waals surface area contributed by atoms with Crippen molar-refractivity contribution in [3.05, 3.63) is 81.1 Å². The Balaban J connectivity index is 1.90. The molecule has 0 aliphatic carbocycles. The van der Waals surface area contributed by atoms with Crippen LogP contribution in [0.3, 0.4) is 0 Å². The zero-order chi connectivity index (χ0) is 21.0. The van der Waals surface area contributed by atoms with Crippen LogP contribution in [0, 0.1) is 18.3 Å². The molecular weight excluding hydrogens is 383 g/mol. The molecule has 0 spiro atoms. The van der Waals surface area contributed by atoms with Crippen LogP contribution in [0.25, 0.3) is 11.3 Å². The normalized spacial score (nSPS) is 11.4. The van der Waals surface area contributed by atoms with E-state index in [1.54, 1.807) is 30.3 Å². The largest absolute Gasteiger partial charge is 0.416 e. The van der Waals surface area contributed by atoms with E-state index in [2.05, 4.69) is 20.5 Å². The molecule has 0 saturated heterocycles. The molecule has 0 aliphatic heterocycles. The van der Waals surface area contributed by atoms with Gasteiger partial charge >= 0.3 is 6.18 Å². The fraction of sp³-hybridized carbons (Fsp3) is 0.100. The molecule has 0 amide bonds. The Labute approximate surface area is 163 Å². The summed E-state index contributed by atoms with van der Waals surface area (Å²) in [6.07, 6.45) is -3.29. The third-order valence-corrected chi connectivity index (χ3v) is 4.03. The molecule has 0 saturated carbocycles. The zero-order valence-electron chi connectivity index (χ0n) is 15.1. The number of benzene rings is 2. The van der Waals surface area contributed by atoms with Gasteiger partial charge < -0.3 is 0 Å². The van der Waals surface area contributed by atoms with E-state index in [1.165, 1.54) is 25.3 Å². The molecule has 6 nitrogen and oxygen atoms in total. The van der Waals surface area contributed by atoms with Gasteiger partial charge in [0.25, 0.3) is 5.56 Å². The molecule has 0 atom stereocenters. The molecule has 3 rings (SSSR count). The second-order valence-corrected chi connectivity index (χ2v) is 6.06. The second-order valence-electron chi connectivity index (χ2n) is 6.06. The highest BCUT2D eigenvalue weighted by Gasteiger charge is 2.32. The molecule has 0 unspecified atom stereocenters. The first-order valence-electron chi connectivity index (χ1n) is 8.36. The van der Waals surface area contributed by atoms with Gasteiger partial charge in [-0.1, -0.05) is 42.5 Å². The molecule has 0 radical (unpaired) electrons. The highest BCUT2D eigenvalue weighted by molar-refractivity contribution is 5.80. The second kappa shape index (κ2) is 7.98. The Morgan fingerprint density at radius 2 is 1.93 bits per heavy atom. The summed E-state index contributed by atoms with van der Waals surface area (Å²) in [5.74, 6) is -0.0488. The van der Waals surface area contributed by atoms with Gasteiger partial charge in [0.15, 0.2) is 0 Å². The molecule has 3 aromatic rings. The van der Waals surface area contributed by atoms with Gasteiger partial charge in [0.05, 0.1) is 17.5 Å². The standard InChI is InChI=1S/C20H14F3N5O/c1-12-7-8-13(9-16(12)20(21,22)23)11-25-28-19-26-17(14-5-3-2-4-6-14)15(10-24)18(29)27-19/h2-9,11H,1H3,(H2,26,27,28,29). The van der Waals surface area contributed by atoms with Crippen LogP contribution in [0.1, 0.15) is 22.3 Å². The number of hydrogen-bond donors (Lipinski definition) is 2. The lowest BCUT2D eigenvalue weighted by atomic mass is 10.1. The molecule has 1 aromatic heterocycles. The predicted octanol–water partition coefficient (Wildman–Crippen LogP) is 4.08. The number of H-pyrrole nitrogens is 1. The third kappa shape index (κ3) is 4.50. The monoisotopic (exact) mass is 397 g/mol. The van der Waals surface area contributed by atoms with Crippen molar-refractivity contribution in [1.29, 1.82) is 5.26 Å². The van der Waals surface area contributed by atoms with Crippen LogP contribution in [0.15, 0.2) is 58.4 Å². The number of nitriles is 1. The van der Waals surface area contributed by atoms with Gasteiger partial charge in [0, 0.05) is 5.56 Å². The van der Waals surface area contributed by atoms with Crippen molar-refractivity contribution in [2.45, 2.75) is 13.1 Å². The number of nitrogens with one attached hydrogen (secondary N) is 2. The minimum atomic E-state index is -4.47. The van der Waals surface area contributed by atoms with E-state index in [0.29, 0.717) is 5.56 Å². The van der Waals surface area contributed by atoms with Crippen LogP contribution >= 0.6 is 0 Å². The van der Waals surface area contributed by atoms with Crippen molar-refractivity contribution < 1.29 is 13.2 Å². The first-order valence-corrected chi connectivity index (χ1v) is 8.36. The zero-order valence-corrected chi connectivity index (χ0v) is 15.1. The summed E-state index contributed by atoms with van der Waals surface area (Å²) in [5.41, 5.74) is 1.97. The third-order valence-electron chi connectivity index (χ3n) is 4.03. The Kier molecular flexibility index (Phi) is 5.45. The van der Waals surface area contributed by atoms with E-state index in [-0.39, 0.29) is 28.3 Å². The Morgan fingerprint density at radius 3 is 2.59 bits per heavy atom. The summed E-state index contributed by atoms with van der Waals surface area (Å²) in [6, 6.07) is 14.3. The van der Waals surface area contributed by atoms with E-state index in [1.807, 2.05) is 6.07 Å². The molecule has 0 fully saturated rings. The lowest BCUT2D eigenvalue weighted by Crippen LogP contribution is -2.16. The molecule has 2 N–H and O–H groups in total. The lowest BCUT2D eigenvalue weighted by Gasteiger charge is -2.10. The molecular formula is C20H14F3N5O. The molecule has 0 bridgehead atoms. The number of aryl methyl sites for hydroxylation is 1. The van der Waals surface area contributed by atoms with Crippen molar-refractivity contribution in [3.8, 4) is 17.3 Å². The summed E-state index contributed by atoms with van der Waals surface area (Å²) in [6.45, 7) is 1.37. The number of hydrazone groups is 1. The maximum Gasteiger partial charge on any atom is 0.416 e. The molecule has 146 valence electrons. The van der Waals surface area contributed by atoms with Crippen molar-refractivity contribution in [2.24, 2.45) is 5.10 Å². The highest BCUT2D eigenvalue weighted by Crippen LogP contribution is 2.32. The van der Waals surface area contributed by atoms with E-state index in [0.717, 1.165) is 6.07 Å². The molecule has 2 aromatic carbocycles. The lowest BCUT2D eigenvalue weighted by molar-refractivity contribution is -0.138. The van der Waals surface area contributed by atoms with Crippen LogP contribution in [-0.2, 0) is 6.18 Å². The molecule has 1 heterocycles. The summed E-state index contributed by atoms with van der Waals surface area (Å²) in [5, 5.41) is 13.1. The fourth-order valence-electron chi connectivity index (χ4n) is 2.63. The van der Waals surface area contributed by atoms with Gasteiger partial charge in [0.1, 0.15) is 11.6 Å². The van der Waals surface area contributed by atoms with Gasteiger partial charge in [-0.25, -0.2) is 10.4 Å². The average Bonchev–Trinajstić information content (AvgIpc) is 2.68. The van der Waals surface area contributed by atoms with Crippen molar-refractivity contribution in [1.82, 2.24) is 9.97 Å². The first kappa shape index (κ1) is 19.8. The number of aromatic nitrogens is 2. The minimum Gasteiger partial charge on any atom is -0.290 e. The Bertz CT molecular complexity index is 1160. The van der Waals surface area contributed by atoms with Crippen LogP contribution in [0.5, 0.6) is 0 Å². The number of hydrogen-bond acceptors (Lipinski definition) is 5. The van der Waals surface area contributed by atoms with Gasteiger partial charge in [-0.15, -0.1) is 0 Å². The molecule has 9 heteroatoms. The van der Waals surface area contributed by atoms with Gasteiger partial charge in [-0.2, -0.15) is 23.5 Å². The van der Waals surface area contributed by atoms with Crippen LogP contribution in [0.2, 0.25) is 0 Å². The highest BCUT2D eigenvalue weighted by atomic mass is 19.4. The number of halogens is 3. The number of aromatic amines is 1. The van der Waals surface area contributed by atoms with Crippen molar-refractivity contribution in [3.63, 3.8) is 0 Å². The Hall–Kier alpha value is -3.93. The maximum atomic E-state index is 13.0. The summed E-state index contributed by atoms with van der Waals surface area (Å²) in [4.78, 5) is 18.7. The first-order chi connectivity index (χ1) is 13.8. The smallest absolute Gasteiger partial charge is 0.290 e. The fourth-order valence-corrected chi connectivity index (χ4v) is 2.63. The van der Waals surface area contributed by atoms with Crippen molar-refractivity contribution in [2.75, 3.05) is 5.43 Å². The topological polar surface area (TPSA) is 93.9 Å². The minimum absolute atomic E-state index is 0.0488. The number of nitrogens with zero attached hydrogens (tertiary/aromatic N) is 3. The van der Waals surface area contributed by atoms with E-state index < -0.39 is 17.3 Å². The van der Waals surface area contributed by atoms with Gasteiger partial charge in [-0.3, -0.25) is 9.78 Å². The number of anilines is 1. The summed E-state index contributed by atoms with van der Waals surface area (Å²) < 4.78 is 39.0. The van der Waals surface area contributed by atoms with Crippen LogP contribution in [0.4, 0.5) is 19.1 Å². The SMILES string of the molecule is Cc1ccc(C=NNc2nc(-c3ccccc3)c(C#N)c(=O)[nH]2)cc1C(F)(F)F. The number of alkyl halides is 3. The van der Waals surface area contributed by atoms with E-state index in [9.17, 15) is 23.2 Å². The van der Waals surface area contributed by atoms with Crippen LogP contribution in [-0.4, -0.2) is 16.2 Å². The summed E-state index contributed by atoms with van der Waals surface area (Å²) in [7, 11) is 0. The quantitative estimate of drug-likeness (QED) is 0.512. The molecule has 29 heavy (non-hydrogen) atoms. The van der Waals surface area contributed by atoms with E-state index in [4.69, 9.17) is 0 Å². The average molecular weight is 397 g/mol. The van der Waals surface area contributed by atoms with Gasteiger partial charge in [-0.05, 0) is 24.1 Å². The number of rotatable bonds is 4. The maximum absolute atomic E-state index is 13.0. The Morgan fingerprint density at radius 1 is 1.21 bits per heavy atom.